The van der Waals surface area contributed by atoms with E-state index >= 15 is 0 Å². The third kappa shape index (κ3) is 2.96. The molecule has 2 rings (SSSR count). The number of piperidine rings is 1. The zero-order valence-corrected chi connectivity index (χ0v) is 13.3. The van der Waals surface area contributed by atoms with E-state index in [-0.39, 0.29) is 5.84 Å². The zero-order chi connectivity index (χ0) is 15.5. The summed E-state index contributed by atoms with van der Waals surface area (Å²) in [5.41, 5.74) is 8.05. The molecule has 0 aliphatic carbocycles. The minimum absolute atomic E-state index is 0.137. The predicted octanol–water partition coefficient (Wildman–Crippen LogP) is 2.89. The molecule has 1 aliphatic rings. The smallest absolute Gasteiger partial charge is 0.174 e. The average molecular weight is 290 g/mol. The van der Waals surface area contributed by atoms with Gasteiger partial charge in [-0.25, -0.2) is 4.98 Å². The number of pyridine rings is 1. The van der Waals surface area contributed by atoms with Crippen LogP contribution in [-0.2, 0) is 0 Å². The minimum Gasteiger partial charge on any atom is -0.409 e. The van der Waals surface area contributed by atoms with Crippen LogP contribution in [0.25, 0.3) is 0 Å². The highest BCUT2D eigenvalue weighted by molar-refractivity contribution is 6.02. The van der Waals surface area contributed by atoms with E-state index in [1.165, 1.54) is 25.7 Å². The molecule has 0 aromatic carbocycles. The number of anilines is 1. The summed E-state index contributed by atoms with van der Waals surface area (Å²) in [6, 6.07) is 1.89. The van der Waals surface area contributed by atoms with E-state index in [0.717, 1.165) is 30.0 Å². The third-order valence-corrected chi connectivity index (χ3v) is 5.13. The monoisotopic (exact) mass is 290 g/mol. The molecule has 116 valence electrons. The predicted molar refractivity (Wildman–Crippen MR) is 85.9 cm³/mol. The summed E-state index contributed by atoms with van der Waals surface area (Å²) >= 11 is 0. The van der Waals surface area contributed by atoms with E-state index in [2.05, 4.69) is 28.9 Å². The van der Waals surface area contributed by atoms with Crippen LogP contribution < -0.4 is 10.6 Å². The molecule has 0 amide bonds. The maximum Gasteiger partial charge on any atom is 0.174 e. The number of rotatable bonds is 4. The van der Waals surface area contributed by atoms with Gasteiger partial charge in [-0.1, -0.05) is 31.8 Å². The van der Waals surface area contributed by atoms with Crippen molar-refractivity contribution in [2.24, 2.45) is 16.3 Å². The molecule has 5 nitrogen and oxygen atoms in total. The van der Waals surface area contributed by atoms with Crippen LogP contribution in [0.2, 0.25) is 0 Å². The van der Waals surface area contributed by atoms with Gasteiger partial charge in [0.1, 0.15) is 5.82 Å². The molecule has 0 saturated carbocycles. The lowest BCUT2D eigenvalue weighted by atomic mass is 9.74. The number of oxime groups is 1. The van der Waals surface area contributed by atoms with Crippen molar-refractivity contribution in [1.29, 1.82) is 0 Å². The van der Waals surface area contributed by atoms with Crippen LogP contribution in [0, 0.1) is 12.3 Å². The van der Waals surface area contributed by atoms with Crippen LogP contribution in [0.15, 0.2) is 17.4 Å². The summed E-state index contributed by atoms with van der Waals surface area (Å²) in [6.07, 6.45) is 6.59. The van der Waals surface area contributed by atoms with Gasteiger partial charge in [0, 0.05) is 19.3 Å². The SMILES string of the molecule is CCC1(CC)CCN(c2nccc(C)c2/C(N)=N/O)CC1. The molecule has 1 saturated heterocycles. The molecule has 21 heavy (non-hydrogen) atoms. The van der Waals surface area contributed by atoms with E-state index in [4.69, 9.17) is 10.9 Å². The number of nitrogens with two attached hydrogens (primary N) is 1. The maximum atomic E-state index is 9.01. The van der Waals surface area contributed by atoms with Gasteiger partial charge in [0.2, 0.25) is 0 Å². The lowest BCUT2D eigenvalue weighted by Gasteiger charge is -2.42. The highest BCUT2D eigenvalue weighted by Crippen LogP contribution is 2.39. The molecular formula is C16H26N4O. The maximum absolute atomic E-state index is 9.01. The van der Waals surface area contributed by atoms with Gasteiger partial charge >= 0.3 is 0 Å². The van der Waals surface area contributed by atoms with Crippen molar-refractivity contribution in [2.45, 2.75) is 46.5 Å². The van der Waals surface area contributed by atoms with Crippen molar-refractivity contribution in [3.8, 4) is 0 Å². The minimum atomic E-state index is 0.137. The van der Waals surface area contributed by atoms with Crippen molar-refractivity contribution >= 4 is 11.7 Å². The molecule has 5 heteroatoms. The summed E-state index contributed by atoms with van der Waals surface area (Å²) in [6.45, 7) is 8.48. The lowest BCUT2D eigenvalue weighted by Crippen LogP contribution is -2.41. The molecule has 1 aromatic heterocycles. The first-order valence-corrected chi connectivity index (χ1v) is 7.75. The molecule has 0 radical (unpaired) electrons. The van der Waals surface area contributed by atoms with E-state index in [1.54, 1.807) is 6.20 Å². The summed E-state index contributed by atoms with van der Waals surface area (Å²) in [5.74, 6) is 0.976. The summed E-state index contributed by atoms with van der Waals surface area (Å²) < 4.78 is 0. The summed E-state index contributed by atoms with van der Waals surface area (Å²) in [7, 11) is 0. The van der Waals surface area contributed by atoms with Crippen molar-refractivity contribution in [3.05, 3.63) is 23.4 Å². The van der Waals surface area contributed by atoms with E-state index in [1.807, 2.05) is 13.0 Å². The highest BCUT2D eigenvalue weighted by Gasteiger charge is 2.32. The molecule has 0 bridgehead atoms. The summed E-state index contributed by atoms with van der Waals surface area (Å²) in [4.78, 5) is 6.75. The molecular weight excluding hydrogens is 264 g/mol. The van der Waals surface area contributed by atoms with Crippen LogP contribution in [0.3, 0.4) is 0 Å². The van der Waals surface area contributed by atoms with E-state index < -0.39 is 0 Å². The Labute approximate surface area is 126 Å². The number of hydrogen-bond donors (Lipinski definition) is 2. The van der Waals surface area contributed by atoms with E-state index in [9.17, 15) is 0 Å². The van der Waals surface area contributed by atoms with Gasteiger partial charge in [-0.3, -0.25) is 0 Å². The quantitative estimate of drug-likeness (QED) is 0.387. The number of aromatic nitrogens is 1. The molecule has 1 aliphatic heterocycles. The third-order valence-electron chi connectivity index (χ3n) is 5.13. The van der Waals surface area contributed by atoms with Crippen LogP contribution >= 0.6 is 0 Å². The standard InChI is InChI=1S/C16H26N4O/c1-4-16(5-2)7-10-20(11-8-16)15-13(14(17)19-21)12(3)6-9-18-15/h6,9,21H,4-5,7-8,10-11H2,1-3H3,(H2,17,19). The van der Waals surface area contributed by atoms with Gasteiger partial charge in [0.15, 0.2) is 5.84 Å². The van der Waals surface area contributed by atoms with Crippen LogP contribution in [-0.4, -0.2) is 29.1 Å². The van der Waals surface area contributed by atoms with Gasteiger partial charge in [-0.2, -0.15) is 0 Å². The Hall–Kier alpha value is -1.78. The van der Waals surface area contributed by atoms with Crippen molar-refractivity contribution < 1.29 is 5.21 Å². The second-order valence-electron chi connectivity index (χ2n) is 6.01. The fourth-order valence-corrected chi connectivity index (χ4v) is 3.30. The molecule has 1 aromatic rings. The van der Waals surface area contributed by atoms with Crippen LogP contribution in [0.4, 0.5) is 5.82 Å². The second kappa shape index (κ2) is 6.33. The Kier molecular flexibility index (Phi) is 4.70. The first-order valence-electron chi connectivity index (χ1n) is 7.75. The summed E-state index contributed by atoms with van der Waals surface area (Å²) in [5, 5.41) is 12.2. The molecule has 0 atom stereocenters. The molecule has 0 unspecified atom stereocenters. The largest absolute Gasteiger partial charge is 0.409 e. The molecule has 3 N–H and O–H groups in total. The molecule has 2 heterocycles. The zero-order valence-electron chi connectivity index (χ0n) is 13.3. The Bertz CT molecular complexity index is 513. The van der Waals surface area contributed by atoms with Crippen LogP contribution in [0.1, 0.15) is 50.7 Å². The number of hydrogen-bond acceptors (Lipinski definition) is 4. The topological polar surface area (TPSA) is 74.7 Å². The Morgan fingerprint density at radius 3 is 2.52 bits per heavy atom. The van der Waals surface area contributed by atoms with Crippen LogP contribution in [0.5, 0.6) is 0 Å². The average Bonchev–Trinajstić information content (AvgIpc) is 2.54. The number of aryl methyl sites for hydroxylation is 1. The second-order valence-corrected chi connectivity index (χ2v) is 6.01. The van der Waals surface area contributed by atoms with E-state index in [0.29, 0.717) is 5.41 Å². The number of nitrogens with zero attached hydrogens (tertiary/aromatic N) is 3. The fraction of sp³-hybridized carbons (Fsp3) is 0.625. The van der Waals surface area contributed by atoms with Crippen molar-refractivity contribution in [3.63, 3.8) is 0 Å². The Balaban J connectivity index is 2.27. The molecule has 1 fully saturated rings. The first kappa shape index (κ1) is 15.6. The van der Waals surface area contributed by atoms with Gasteiger partial charge in [0.05, 0.1) is 5.56 Å². The van der Waals surface area contributed by atoms with Gasteiger partial charge < -0.3 is 15.8 Å². The van der Waals surface area contributed by atoms with Crippen molar-refractivity contribution in [1.82, 2.24) is 4.98 Å². The highest BCUT2D eigenvalue weighted by atomic mass is 16.4. The first-order chi connectivity index (χ1) is 10.1. The number of amidine groups is 1. The van der Waals surface area contributed by atoms with Gasteiger partial charge in [-0.15, -0.1) is 0 Å². The van der Waals surface area contributed by atoms with Crippen molar-refractivity contribution in [2.75, 3.05) is 18.0 Å². The fourth-order valence-electron chi connectivity index (χ4n) is 3.30. The van der Waals surface area contributed by atoms with Gasteiger partial charge in [-0.05, 0) is 36.8 Å². The Morgan fingerprint density at radius 2 is 2.00 bits per heavy atom. The Morgan fingerprint density at radius 1 is 1.38 bits per heavy atom. The molecule has 0 spiro atoms. The lowest BCUT2D eigenvalue weighted by molar-refractivity contribution is 0.199. The normalized spacial score (nSPS) is 18.8. The van der Waals surface area contributed by atoms with Gasteiger partial charge in [0.25, 0.3) is 0 Å².